The second-order valence-corrected chi connectivity index (χ2v) is 3.45. The van der Waals surface area contributed by atoms with Gasteiger partial charge in [0.05, 0.1) is 12.5 Å². The molecule has 13 heavy (non-hydrogen) atoms. The Bertz CT molecular complexity index is 176. The minimum absolute atomic E-state index is 0.0741. The summed E-state index contributed by atoms with van der Waals surface area (Å²) < 4.78 is 4.95. The van der Waals surface area contributed by atoms with Gasteiger partial charge in [-0.3, -0.25) is 4.79 Å². The maximum atomic E-state index is 11.4. The van der Waals surface area contributed by atoms with E-state index in [9.17, 15) is 4.79 Å². The molecule has 0 saturated heterocycles. The van der Waals surface area contributed by atoms with Crippen LogP contribution < -0.4 is 0 Å². The van der Waals surface area contributed by atoms with Gasteiger partial charge >= 0.3 is 5.97 Å². The van der Waals surface area contributed by atoms with Gasteiger partial charge in [-0.15, -0.1) is 0 Å². The van der Waals surface area contributed by atoms with Gasteiger partial charge in [0.25, 0.3) is 0 Å². The van der Waals surface area contributed by atoms with E-state index < -0.39 is 0 Å². The first kappa shape index (κ1) is 12.5. The average Bonchev–Trinajstić information content (AvgIpc) is 2.05. The van der Waals surface area contributed by atoms with E-state index >= 15 is 0 Å². The molecule has 0 aromatic carbocycles. The lowest BCUT2D eigenvalue weighted by molar-refractivity contribution is -0.149. The third-order valence-electron chi connectivity index (χ3n) is 1.87. The number of carbonyl (C=O) groups excluding carboxylic acids is 1. The summed E-state index contributed by atoms with van der Waals surface area (Å²) in [6.07, 6.45) is 2.43. The molecule has 0 aromatic heterocycles. The first-order valence-electron chi connectivity index (χ1n) is 4.55. The lowest BCUT2D eigenvalue weighted by Crippen LogP contribution is -2.22. The molecule has 0 aliphatic carbocycles. The Labute approximate surface area is 84.9 Å². The number of halogens is 1. The second-order valence-electron chi connectivity index (χ2n) is 3.20. The van der Waals surface area contributed by atoms with Gasteiger partial charge in [-0.05, 0) is 19.3 Å². The molecule has 0 spiro atoms. The molecule has 3 heteroatoms. The highest BCUT2D eigenvalue weighted by Gasteiger charge is 2.21. The summed E-state index contributed by atoms with van der Waals surface area (Å²) in [6.45, 7) is 6.26. The number of carbonyl (C=O) groups is 1. The van der Waals surface area contributed by atoms with Crippen molar-refractivity contribution in [2.24, 2.45) is 11.8 Å². The molecule has 0 saturated carbocycles. The van der Waals surface area contributed by atoms with E-state index in [1.807, 2.05) is 20.8 Å². The maximum Gasteiger partial charge on any atom is 0.309 e. The second kappa shape index (κ2) is 6.96. The molecule has 0 aromatic rings. The molecule has 0 bridgehead atoms. The zero-order chi connectivity index (χ0) is 10.3. The summed E-state index contributed by atoms with van der Waals surface area (Å²) in [6, 6.07) is 0. The van der Waals surface area contributed by atoms with Crippen LogP contribution in [0.2, 0.25) is 0 Å². The van der Waals surface area contributed by atoms with Crippen LogP contribution in [0.25, 0.3) is 0 Å². The fourth-order valence-corrected chi connectivity index (χ4v) is 1.19. The molecule has 0 fully saturated rings. The zero-order valence-corrected chi connectivity index (χ0v) is 9.17. The molecule has 0 N–H and O–H groups in total. The molecule has 0 radical (unpaired) electrons. The predicted molar refractivity (Wildman–Crippen MR) is 54.6 cm³/mol. The maximum absolute atomic E-state index is 11.4. The summed E-state index contributed by atoms with van der Waals surface area (Å²) in [5.74, 6) is 0.0779. The zero-order valence-electron chi connectivity index (χ0n) is 8.42. The van der Waals surface area contributed by atoms with Gasteiger partial charge in [0.1, 0.15) is 0 Å². The third kappa shape index (κ3) is 4.94. The third-order valence-corrected chi connectivity index (χ3v) is 2.05. The minimum atomic E-state index is -0.132. The van der Waals surface area contributed by atoms with Gasteiger partial charge in [0.15, 0.2) is 0 Å². The smallest absolute Gasteiger partial charge is 0.309 e. The Balaban J connectivity index is 4.15. The number of esters is 1. The largest absolute Gasteiger partial charge is 0.466 e. The molecular formula is C10H17ClO2. The Morgan fingerprint density at radius 1 is 1.54 bits per heavy atom. The predicted octanol–water partition coefficient (Wildman–Crippen LogP) is 2.96. The fraction of sp³-hybridized carbons (Fsp3) is 0.700. The number of hydrogen-bond acceptors (Lipinski definition) is 2. The molecule has 0 heterocycles. The highest BCUT2D eigenvalue weighted by atomic mass is 35.5. The van der Waals surface area contributed by atoms with Crippen LogP contribution in [0.4, 0.5) is 0 Å². The fourth-order valence-electron chi connectivity index (χ4n) is 1.09. The number of ether oxygens (including phenoxy) is 1. The van der Waals surface area contributed by atoms with Crippen LogP contribution in [0.1, 0.15) is 27.2 Å². The van der Waals surface area contributed by atoms with Crippen molar-refractivity contribution in [2.45, 2.75) is 27.2 Å². The van der Waals surface area contributed by atoms with Crippen molar-refractivity contribution in [3.8, 4) is 0 Å². The van der Waals surface area contributed by atoms with E-state index in [2.05, 4.69) is 0 Å². The molecule has 76 valence electrons. The van der Waals surface area contributed by atoms with Crippen LogP contribution in [0.15, 0.2) is 11.6 Å². The van der Waals surface area contributed by atoms with Crippen LogP contribution in [-0.4, -0.2) is 12.6 Å². The van der Waals surface area contributed by atoms with Crippen LogP contribution in [0.5, 0.6) is 0 Å². The molecule has 0 aliphatic rings. The molecule has 0 amide bonds. The van der Waals surface area contributed by atoms with Crippen molar-refractivity contribution in [3.05, 3.63) is 11.6 Å². The van der Waals surface area contributed by atoms with E-state index in [-0.39, 0.29) is 17.8 Å². The lowest BCUT2D eigenvalue weighted by Gasteiger charge is -2.16. The van der Waals surface area contributed by atoms with E-state index in [1.54, 1.807) is 6.08 Å². The average molecular weight is 205 g/mol. The first-order chi connectivity index (χ1) is 6.13. The minimum Gasteiger partial charge on any atom is -0.466 e. The van der Waals surface area contributed by atoms with Gasteiger partial charge < -0.3 is 4.74 Å². The Hall–Kier alpha value is -0.500. The van der Waals surface area contributed by atoms with E-state index in [0.717, 1.165) is 0 Å². The lowest BCUT2D eigenvalue weighted by atomic mass is 9.93. The number of rotatable bonds is 5. The van der Waals surface area contributed by atoms with Gasteiger partial charge in [-0.25, -0.2) is 0 Å². The number of hydrogen-bond donors (Lipinski definition) is 0. The van der Waals surface area contributed by atoms with Gasteiger partial charge in [0, 0.05) is 5.54 Å². The van der Waals surface area contributed by atoms with Gasteiger partial charge in [-0.1, -0.05) is 31.5 Å². The topological polar surface area (TPSA) is 26.3 Å². The summed E-state index contributed by atoms with van der Waals surface area (Å²) >= 11 is 5.40. The normalized spacial score (nSPS) is 13.6. The first-order valence-corrected chi connectivity index (χ1v) is 4.99. The van der Waals surface area contributed by atoms with Crippen molar-refractivity contribution in [1.82, 2.24) is 0 Å². The van der Waals surface area contributed by atoms with Crippen LogP contribution in [0.3, 0.4) is 0 Å². The standard InChI is InChI=1S/C10H17ClO2/c1-4-13-10(12)9(8(2)3)6-5-7-11/h5,7-9H,4,6H2,1-3H3/b7-5+/t9-/m1/s1. The van der Waals surface area contributed by atoms with Crippen molar-refractivity contribution in [2.75, 3.05) is 6.61 Å². The van der Waals surface area contributed by atoms with E-state index in [4.69, 9.17) is 16.3 Å². The molecule has 2 nitrogen and oxygen atoms in total. The van der Waals surface area contributed by atoms with Crippen molar-refractivity contribution < 1.29 is 9.53 Å². The molecule has 0 rings (SSSR count). The quantitative estimate of drug-likeness (QED) is 0.644. The summed E-state index contributed by atoms with van der Waals surface area (Å²) in [5, 5.41) is 0. The Morgan fingerprint density at radius 2 is 2.15 bits per heavy atom. The van der Waals surface area contributed by atoms with E-state index in [1.165, 1.54) is 5.54 Å². The van der Waals surface area contributed by atoms with Crippen LogP contribution in [0, 0.1) is 11.8 Å². The monoisotopic (exact) mass is 204 g/mol. The van der Waals surface area contributed by atoms with Crippen molar-refractivity contribution in [1.29, 1.82) is 0 Å². The Morgan fingerprint density at radius 3 is 2.54 bits per heavy atom. The van der Waals surface area contributed by atoms with Crippen LogP contribution in [-0.2, 0) is 9.53 Å². The molecule has 0 unspecified atom stereocenters. The van der Waals surface area contributed by atoms with Crippen molar-refractivity contribution in [3.63, 3.8) is 0 Å². The summed E-state index contributed by atoms with van der Waals surface area (Å²) in [5.41, 5.74) is 1.44. The molecular weight excluding hydrogens is 188 g/mol. The Kier molecular flexibility index (Phi) is 6.69. The summed E-state index contributed by atoms with van der Waals surface area (Å²) in [7, 11) is 0. The molecule has 0 aliphatic heterocycles. The molecule has 1 atom stereocenters. The number of allylic oxidation sites excluding steroid dienone is 1. The van der Waals surface area contributed by atoms with E-state index in [0.29, 0.717) is 13.0 Å². The summed E-state index contributed by atoms with van der Waals surface area (Å²) in [4.78, 5) is 11.4. The highest BCUT2D eigenvalue weighted by Crippen LogP contribution is 2.17. The van der Waals surface area contributed by atoms with Gasteiger partial charge in [-0.2, -0.15) is 0 Å². The highest BCUT2D eigenvalue weighted by molar-refractivity contribution is 6.25. The van der Waals surface area contributed by atoms with Crippen molar-refractivity contribution >= 4 is 17.6 Å². The van der Waals surface area contributed by atoms with Gasteiger partial charge in [0.2, 0.25) is 0 Å². The SMILES string of the molecule is CCOC(=O)[C@H](C/C=C/Cl)C(C)C. The van der Waals surface area contributed by atoms with Crippen LogP contribution >= 0.6 is 11.6 Å².